The van der Waals surface area contributed by atoms with E-state index in [9.17, 15) is 107 Å². The van der Waals surface area contributed by atoms with Gasteiger partial charge >= 0.3 is 48.4 Å². The van der Waals surface area contributed by atoms with Crippen molar-refractivity contribution in [2.24, 2.45) is 11.8 Å². The predicted octanol–water partition coefficient (Wildman–Crippen LogP) is 17.6. The van der Waals surface area contributed by atoms with Crippen LogP contribution < -0.4 is 20.4 Å². The summed E-state index contributed by atoms with van der Waals surface area (Å²) in [5.74, 6) is -7.08. The number of amides is 4. The van der Waals surface area contributed by atoms with Gasteiger partial charge in [0.05, 0.1) is 45.0 Å². The molecule has 0 unspecified atom stereocenters. The van der Waals surface area contributed by atoms with E-state index in [0.29, 0.717) is 0 Å². The molecule has 0 spiro atoms. The van der Waals surface area contributed by atoms with Gasteiger partial charge in [-0.1, -0.05) is 54.6 Å². The Morgan fingerprint density at radius 2 is 0.805 bits per heavy atom. The lowest BCUT2D eigenvalue weighted by atomic mass is 9.92. The summed E-state index contributed by atoms with van der Waals surface area (Å²) in [5, 5.41) is 3.27. The average molecular weight is 1330 g/mol. The first kappa shape index (κ1) is 66.7. The molecule has 0 radical (unpaired) electrons. The van der Waals surface area contributed by atoms with Crippen molar-refractivity contribution in [1.82, 2.24) is 0 Å². The standard InChI is InChI=1S/C28H18BrF11N2O2.C28H19F11N2O2/c29-19-12-16(25(31,27(35,36)37)28(38,39)40)11-18(26(32,33)34)22(19)41-23(43)17-7-4-8-20(21(17)30)42(13-14-9-10-14)24(44)15-5-2-1-3-6-15;29-22-18(7-4-8-21(22)41(14-15-9-10-15)24(43)16-5-2-1-3-6-16)23(42)40-20-12-11-17(13-19(20)26(31,32)33)25(30,27(34,35)36)28(37,38)39/h1-8,11-12,14H,9-10,13H2,(H,41,43);1-8,11-13,15H,9-10,14H2,(H,40,42). The maximum atomic E-state index is 15.8. The Labute approximate surface area is 484 Å². The SMILES string of the molecule is O=C(Nc1c(Br)cc(C(F)(C(F)(F)F)C(F)(F)F)cc1C(F)(F)F)c1cccc(N(CC2CC2)C(=O)c2ccccc2)c1F.O=C(Nc1ccc(C(F)(C(F)(F)F)C(F)(F)F)cc1C(F)(F)F)c1cccc(N(CC2CC2)C(=O)c2ccccc2)c1F. The molecule has 2 saturated carbocycles. The zero-order valence-electron chi connectivity index (χ0n) is 43.2. The number of hydrogen-bond acceptors (Lipinski definition) is 4. The van der Waals surface area contributed by atoms with Crippen LogP contribution in [0.3, 0.4) is 0 Å². The minimum Gasteiger partial charge on any atom is -0.321 e. The number of alkyl halides is 20. The summed E-state index contributed by atoms with van der Waals surface area (Å²) in [5.41, 5.74) is -26.8. The lowest BCUT2D eigenvalue weighted by molar-refractivity contribution is -0.349. The molecule has 0 bridgehead atoms. The first-order valence-corrected chi connectivity index (χ1v) is 25.6. The summed E-state index contributed by atoms with van der Waals surface area (Å²) >= 11 is 2.39. The first-order valence-electron chi connectivity index (χ1n) is 24.8. The lowest BCUT2D eigenvalue weighted by Gasteiger charge is -2.31. The van der Waals surface area contributed by atoms with Gasteiger partial charge in [-0.25, -0.2) is 17.6 Å². The summed E-state index contributed by atoms with van der Waals surface area (Å²) < 4.78 is 300. The molecule has 6 aromatic carbocycles. The summed E-state index contributed by atoms with van der Waals surface area (Å²) in [7, 11) is 0. The van der Waals surface area contributed by atoms with Gasteiger partial charge in [-0.3, -0.25) is 19.2 Å². The average Bonchev–Trinajstić information content (AvgIpc) is 1.70. The third-order valence-corrected chi connectivity index (χ3v) is 14.0. The Hall–Kier alpha value is -7.86. The van der Waals surface area contributed by atoms with Crippen molar-refractivity contribution in [2.45, 2.75) is 74.1 Å². The van der Waals surface area contributed by atoms with E-state index in [4.69, 9.17) is 0 Å². The van der Waals surface area contributed by atoms with E-state index < -0.39 is 156 Å². The van der Waals surface area contributed by atoms with Crippen molar-refractivity contribution in [1.29, 1.82) is 0 Å². The lowest BCUT2D eigenvalue weighted by Crippen LogP contribution is -2.50. The second-order valence-corrected chi connectivity index (χ2v) is 20.4. The molecule has 8 rings (SSSR count). The number of benzene rings is 6. The van der Waals surface area contributed by atoms with Crippen LogP contribution in [0.2, 0.25) is 0 Å². The largest absolute Gasteiger partial charge is 0.435 e. The van der Waals surface area contributed by atoms with Crippen LogP contribution in [0.4, 0.5) is 119 Å². The molecule has 31 heteroatoms. The Morgan fingerprint density at radius 1 is 0.437 bits per heavy atom. The number of halogens is 23. The molecule has 2 fully saturated rings. The molecule has 2 N–H and O–H groups in total. The van der Waals surface area contributed by atoms with E-state index in [1.807, 2.05) is 0 Å². The van der Waals surface area contributed by atoms with Gasteiger partial charge in [0.25, 0.3) is 23.6 Å². The Bertz CT molecular complexity index is 3510. The first-order chi connectivity index (χ1) is 40.1. The quantitative estimate of drug-likeness (QED) is 0.106. The van der Waals surface area contributed by atoms with Crippen LogP contribution in [0.15, 0.2) is 132 Å². The molecule has 87 heavy (non-hydrogen) atoms. The minimum absolute atomic E-state index is 0.00193. The molecule has 6 aromatic rings. The van der Waals surface area contributed by atoms with Crippen LogP contribution in [0, 0.1) is 23.5 Å². The third kappa shape index (κ3) is 14.1. The maximum Gasteiger partial charge on any atom is 0.435 e. The number of carbonyl (C=O) groups is 4. The number of carbonyl (C=O) groups excluding carboxylic acids is 4. The van der Waals surface area contributed by atoms with Crippen LogP contribution in [-0.4, -0.2) is 61.4 Å². The molecule has 0 aliphatic heterocycles. The Kier molecular flexibility index (Phi) is 18.7. The predicted molar refractivity (Wildman–Crippen MR) is 271 cm³/mol. The highest BCUT2D eigenvalue weighted by atomic mass is 79.9. The van der Waals surface area contributed by atoms with Gasteiger partial charge in [0.1, 0.15) is 0 Å². The van der Waals surface area contributed by atoms with Crippen molar-refractivity contribution in [3.05, 3.63) is 188 Å². The highest BCUT2D eigenvalue weighted by molar-refractivity contribution is 9.10. The van der Waals surface area contributed by atoms with E-state index in [2.05, 4.69) is 15.9 Å². The van der Waals surface area contributed by atoms with E-state index in [-0.39, 0.29) is 54.3 Å². The van der Waals surface area contributed by atoms with Gasteiger partial charge in [0.2, 0.25) is 0 Å². The van der Waals surface area contributed by atoms with Gasteiger partial charge in [0.15, 0.2) is 11.6 Å². The zero-order chi connectivity index (χ0) is 64.8. The van der Waals surface area contributed by atoms with Gasteiger partial charge in [-0.15, -0.1) is 0 Å². The van der Waals surface area contributed by atoms with Crippen molar-refractivity contribution >= 4 is 62.3 Å². The molecule has 0 atom stereocenters. The van der Waals surface area contributed by atoms with E-state index in [1.54, 1.807) is 47.0 Å². The van der Waals surface area contributed by atoms with Crippen LogP contribution in [-0.2, 0) is 23.7 Å². The topological polar surface area (TPSA) is 98.8 Å². The molecule has 2 aliphatic rings. The fourth-order valence-electron chi connectivity index (χ4n) is 8.58. The van der Waals surface area contributed by atoms with E-state index >= 15 is 8.78 Å². The molecule has 0 aromatic heterocycles. The monoisotopic (exact) mass is 1330 g/mol. The summed E-state index contributed by atoms with van der Waals surface area (Å²) in [6.45, 7) is 0.100. The van der Waals surface area contributed by atoms with Gasteiger partial charge in [-0.05, 0) is 126 Å². The molecule has 0 heterocycles. The smallest absolute Gasteiger partial charge is 0.321 e. The van der Waals surface area contributed by atoms with Crippen molar-refractivity contribution < 1.29 is 116 Å². The maximum absolute atomic E-state index is 15.8. The van der Waals surface area contributed by atoms with Crippen molar-refractivity contribution in [3.63, 3.8) is 0 Å². The van der Waals surface area contributed by atoms with E-state index in [1.165, 1.54) is 24.3 Å². The van der Waals surface area contributed by atoms with Crippen molar-refractivity contribution in [3.8, 4) is 0 Å². The fraction of sp³-hybridized carbons (Fsp3) is 0.286. The van der Waals surface area contributed by atoms with Crippen LogP contribution in [0.1, 0.15) is 89.4 Å². The van der Waals surface area contributed by atoms with E-state index in [0.717, 1.165) is 71.9 Å². The fourth-order valence-corrected chi connectivity index (χ4v) is 9.14. The highest BCUT2D eigenvalue weighted by Crippen LogP contribution is 2.57. The Morgan fingerprint density at radius 3 is 1.17 bits per heavy atom. The second-order valence-electron chi connectivity index (χ2n) is 19.6. The van der Waals surface area contributed by atoms with Crippen LogP contribution in [0.25, 0.3) is 0 Å². The summed E-state index contributed by atoms with van der Waals surface area (Å²) in [6, 6.07) is 19.7. The van der Waals surface area contributed by atoms with Gasteiger partial charge in [-0.2, -0.15) is 79.0 Å². The van der Waals surface area contributed by atoms with Crippen molar-refractivity contribution in [2.75, 3.05) is 33.5 Å². The molecule has 4 amide bonds. The van der Waals surface area contributed by atoms with Gasteiger partial charge in [0, 0.05) is 39.8 Å². The molecule has 0 saturated heterocycles. The zero-order valence-corrected chi connectivity index (χ0v) is 44.8. The van der Waals surface area contributed by atoms with Crippen LogP contribution in [0.5, 0.6) is 0 Å². The summed E-state index contributed by atoms with van der Waals surface area (Å²) in [6.07, 6.45) is -35.3. The molecular formula is C56H37BrF22N4O4. The van der Waals surface area contributed by atoms with Gasteiger partial charge < -0.3 is 20.4 Å². The molecule has 2 aliphatic carbocycles. The number of hydrogen-bond donors (Lipinski definition) is 2. The molecular weight excluding hydrogens is 1290 g/mol. The number of anilines is 4. The summed E-state index contributed by atoms with van der Waals surface area (Å²) in [4.78, 5) is 54.5. The molecule has 8 nitrogen and oxygen atoms in total. The normalized spacial score (nSPS) is 14.4. The third-order valence-electron chi connectivity index (χ3n) is 13.4. The van der Waals surface area contributed by atoms with Crippen LogP contribution >= 0.6 is 15.9 Å². The number of nitrogens with one attached hydrogen (secondary N) is 2. The highest BCUT2D eigenvalue weighted by Gasteiger charge is 2.75. The second kappa shape index (κ2) is 24.4. The number of rotatable bonds is 14. The number of nitrogens with zero attached hydrogens (tertiary/aromatic N) is 2. The Balaban J connectivity index is 0.000000249. The minimum atomic E-state index is -6.72. The molecule has 466 valence electrons.